The second kappa shape index (κ2) is 5.56. The van der Waals surface area contributed by atoms with Gasteiger partial charge in [0.2, 0.25) is 10.0 Å². The lowest BCUT2D eigenvalue weighted by Gasteiger charge is -2.17. The van der Waals surface area contributed by atoms with Gasteiger partial charge in [0.05, 0.1) is 17.0 Å². The molecule has 24 heavy (non-hydrogen) atoms. The lowest BCUT2D eigenvalue weighted by molar-refractivity contribution is 0.372. The fourth-order valence-corrected chi connectivity index (χ4v) is 5.04. The van der Waals surface area contributed by atoms with Gasteiger partial charge in [-0.25, -0.2) is 8.42 Å². The third kappa shape index (κ3) is 2.59. The van der Waals surface area contributed by atoms with Crippen molar-refractivity contribution < 1.29 is 12.9 Å². The van der Waals surface area contributed by atoms with Crippen LogP contribution in [-0.4, -0.2) is 30.9 Å². The largest absolute Gasteiger partial charge is 0.334 e. The van der Waals surface area contributed by atoms with Crippen LogP contribution in [0.2, 0.25) is 0 Å². The van der Waals surface area contributed by atoms with Gasteiger partial charge in [0.15, 0.2) is 5.82 Å². The Morgan fingerprint density at radius 1 is 1.12 bits per heavy atom. The molecule has 2 aliphatic rings. The fraction of sp³-hybridized carbons (Fsp3) is 0.500. The van der Waals surface area contributed by atoms with Gasteiger partial charge in [-0.1, -0.05) is 18.0 Å². The molecule has 0 radical (unpaired) electrons. The van der Waals surface area contributed by atoms with Crippen molar-refractivity contribution in [1.29, 1.82) is 0 Å². The highest BCUT2D eigenvalue weighted by atomic mass is 32.2. The van der Waals surface area contributed by atoms with Gasteiger partial charge in [0.25, 0.3) is 5.89 Å². The number of sulfonamides is 1. The van der Waals surface area contributed by atoms with Crippen molar-refractivity contribution in [2.24, 2.45) is 5.73 Å². The van der Waals surface area contributed by atoms with E-state index < -0.39 is 15.6 Å². The van der Waals surface area contributed by atoms with Gasteiger partial charge in [0, 0.05) is 12.1 Å². The number of anilines is 1. The Morgan fingerprint density at radius 3 is 2.46 bits per heavy atom. The average molecular weight is 348 g/mol. The zero-order chi connectivity index (χ0) is 16.8. The third-order valence-corrected chi connectivity index (χ3v) is 6.74. The van der Waals surface area contributed by atoms with E-state index in [2.05, 4.69) is 10.1 Å². The fourth-order valence-electron chi connectivity index (χ4n) is 3.47. The normalized spacial score (nSPS) is 22.1. The number of nitrogens with two attached hydrogens (primary N) is 1. The molecule has 1 aliphatic heterocycles. The van der Waals surface area contributed by atoms with Crippen molar-refractivity contribution in [2.45, 2.75) is 37.6 Å². The van der Waals surface area contributed by atoms with E-state index in [-0.39, 0.29) is 5.75 Å². The summed E-state index contributed by atoms with van der Waals surface area (Å²) in [6.45, 7) is 0.530. The number of rotatable bonds is 3. The molecule has 1 aromatic carbocycles. The Balaban J connectivity index is 1.59. The van der Waals surface area contributed by atoms with Gasteiger partial charge >= 0.3 is 0 Å². The second-order valence-corrected chi connectivity index (χ2v) is 8.59. The van der Waals surface area contributed by atoms with Crippen LogP contribution in [0.3, 0.4) is 0 Å². The number of hydrogen-bond donors (Lipinski definition) is 1. The SMILES string of the molecule is NC1(c2noc(-c3ccc(N4CCCS4(=O)=O)cc3)n2)CCCC1. The van der Waals surface area contributed by atoms with E-state index in [4.69, 9.17) is 10.3 Å². The van der Waals surface area contributed by atoms with Crippen LogP contribution in [0.15, 0.2) is 28.8 Å². The minimum Gasteiger partial charge on any atom is -0.334 e. The summed E-state index contributed by atoms with van der Waals surface area (Å²) >= 11 is 0. The quantitative estimate of drug-likeness (QED) is 0.910. The van der Waals surface area contributed by atoms with Crippen LogP contribution in [0.1, 0.15) is 37.9 Å². The lowest BCUT2D eigenvalue weighted by Crippen LogP contribution is -2.34. The van der Waals surface area contributed by atoms with Crippen molar-refractivity contribution in [3.05, 3.63) is 30.1 Å². The predicted octanol–water partition coefficient (Wildman–Crippen LogP) is 2.00. The van der Waals surface area contributed by atoms with Gasteiger partial charge in [-0.3, -0.25) is 4.31 Å². The summed E-state index contributed by atoms with van der Waals surface area (Å²) in [5.41, 5.74) is 7.30. The highest BCUT2D eigenvalue weighted by molar-refractivity contribution is 7.93. The zero-order valence-electron chi connectivity index (χ0n) is 13.3. The number of hydrogen-bond acceptors (Lipinski definition) is 6. The molecule has 2 N–H and O–H groups in total. The molecule has 0 atom stereocenters. The highest BCUT2D eigenvalue weighted by Gasteiger charge is 2.36. The summed E-state index contributed by atoms with van der Waals surface area (Å²) in [5.74, 6) is 1.18. The summed E-state index contributed by atoms with van der Waals surface area (Å²) in [6, 6.07) is 7.16. The maximum Gasteiger partial charge on any atom is 0.257 e. The summed E-state index contributed by atoms with van der Waals surface area (Å²) in [4.78, 5) is 4.46. The number of benzene rings is 1. The van der Waals surface area contributed by atoms with Crippen LogP contribution in [-0.2, 0) is 15.6 Å². The van der Waals surface area contributed by atoms with Crippen molar-refractivity contribution in [3.8, 4) is 11.5 Å². The van der Waals surface area contributed by atoms with Crippen molar-refractivity contribution in [2.75, 3.05) is 16.6 Å². The first-order valence-corrected chi connectivity index (χ1v) is 9.83. The Hall–Kier alpha value is -1.93. The lowest BCUT2D eigenvalue weighted by atomic mass is 9.99. The number of aromatic nitrogens is 2. The Morgan fingerprint density at radius 2 is 1.83 bits per heavy atom. The molecule has 0 amide bonds. The average Bonchev–Trinajstić information content (AvgIpc) is 3.27. The molecule has 1 saturated heterocycles. The van der Waals surface area contributed by atoms with Crippen molar-refractivity contribution >= 4 is 15.7 Å². The van der Waals surface area contributed by atoms with Gasteiger partial charge in [-0.2, -0.15) is 4.98 Å². The smallest absolute Gasteiger partial charge is 0.257 e. The molecule has 0 bridgehead atoms. The van der Waals surface area contributed by atoms with E-state index in [0.29, 0.717) is 30.4 Å². The van der Waals surface area contributed by atoms with Gasteiger partial charge in [-0.05, 0) is 43.5 Å². The van der Waals surface area contributed by atoms with E-state index in [1.807, 2.05) is 0 Å². The molecule has 4 rings (SSSR count). The molecule has 2 fully saturated rings. The zero-order valence-corrected chi connectivity index (χ0v) is 14.1. The highest BCUT2D eigenvalue weighted by Crippen LogP contribution is 2.35. The molecule has 128 valence electrons. The molecule has 1 aliphatic carbocycles. The molecule has 8 heteroatoms. The molecule has 7 nitrogen and oxygen atoms in total. The Labute approximate surface area is 140 Å². The van der Waals surface area contributed by atoms with Crippen LogP contribution in [0.4, 0.5) is 5.69 Å². The Bertz CT molecular complexity index is 838. The summed E-state index contributed by atoms with van der Waals surface area (Å²) < 4.78 is 30.8. The van der Waals surface area contributed by atoms with E-state index in [9.17, 15) is 8.42 Å². The summed E-state index contributed by atoms with van der Waals surface area (Å²) in [5, 5.41) is 4.05. The number of nitrogens with zero attached hydrogens (tertiary/aromatic N) is 3. The molecule has 0 spiro atoms. The van der Waals surface area contributed by atoms with Crippen LogP contribution in [0.5, 0.6) is 0 Å². The first kappa shape index (κ1) is 15.6. The standard InChI is InChI=1S/C16H20N4O3S/c17-16(8-1-2-9-16)15-18-14(23-19-15)12-4-6-13(7-5-12)20-10-3-11-24(20,21)22/h4-7H,1-3,8-11,17H2. The summed E-state index contributed by atoms with van der Waals surface area (Å²) in [6.07, 6.45) is 4.57. The molecular formula is C16H20N4O3S. The van der Waals surface area contributed by atoms with E-state index in [1.165, 1.54) is 4.31 Å². The van der Waals surface area contributed by atoms with Gasteiger partial charge in [-0.15, -0.1) is 0 Å². The van der Waals surface area contributed by atoms with Crippen molar-refractivity contribution in [3.63, 3.8) is 0 Å². The second-order valence-electron chi connectivity index (χ2n) is 6.57. The van der Waals surface area contributed by atoms with E-state index in [0.717, 1.165) is 31.2 Å². The van der Waals surface area contributed by atoms with Crippen molar-refractivity contribution in [1.82, 2.24) is 10.1 Å². The molecular weight excluding hydrogens is 328 g/mol. The minimum atomic E-state index is -3.17. The van der Waals surface area contributed by atoms with E-state index in [1.54, 1.807) is 24.3 Å². The van der Waals surface area contributed by atoms with Crippen LogP contribution in [0, 0.1) is 0 Å². The Kier molecular flexibility index (Phi) is 3.61. The third-order valence-electron chi connectivity index (χ3n) is 4.87. The van der Waals surface area contributed by atoms with Gasteiger partial charge < -0.3 is 10.3 Å². The molecule has 0 unspecified atom stereocenters. The van der Waals surface area contributed by atoms with Gasteiger partial charge in [0.1, 0.15) is 0 Å². The maximum atomic E-state index is 12.0. The molecule has 2 heterocycles. The van der Waals surface area contributed by atoms with Crippen LogP contribution in [0.25, 0.3) is 11.5 Å². The monoisotopic (exact) mass is 348 g/mol. The predicted molar refractivity (Wildman–Crippen MR) is 89.8 cm³/mol. The minimum absolute atomic E-state index is 0.209. The maximum absolute atomic E-state index is 12.0. The molecule has 1 saturated carbocycles. The van der Waals surface area contributed by atoms with E-state index >= 15 is 0 Å². The molecule has 1 aromatic heterocycles. The van der Waals surface area contributed by atoms with Crippen LogP contribution >= 0.6 is 0 Å². The molecule has 2 aromatic rings. The first-order valence-electron chi connectivity index (χ1n) is 8.22. The van der Waals surface area contributed by atoms with Crippen LogP contribution < -0.4 is 10.0 Å². The topological polar surface area (TPSA) is 102 Å². The first-order chi connectivity index (χ1) is 11.5. The summed E-state index contributed by atoms with van der Waals surface area (Å²) in [7, 11) is -3.17.